The Morgan fingerprint density at radius 2 is 1.87 bits per heavy atom. The molecule has 0 bridgehead atoms. The van der Waals surface area contributed by atoms with Crippen LogP contribution in [0.5, 0.6) is 0 Å². The van der Waals surface area contributed by atoms with Gasteiger partial charge in [-0.05, 0) is 29.1 Å². The summed E-state index contributed by atoms with van der Waals surface area (Å²) < 4.78 is 2.03. The number of amides is 1. The van der Waals surface area contributed by atoms with Crippen molar-refractivity contribution in [1.29, 1.82) is 5.26 Å². The van der Waals surface area contributed by atoms with Gasteiger partial charge in [0, 0.05) is 0 Å². The fraction of sp³-hybridized carbons (Fsp3) is 0.0909. The second kappa shape index (κ2) is 9.39. The molecule has 2 aromatic heterocycles. The monoisotopic (exact) mass is 431 g/mol. The van der Waals surface area contributed by atoms with Crippen LogP contribution in [0.1, 0.15) is 11.1 Å². The summed E-state index contributed by atoms with van der Waals surface area (Å²) in [6, 6.07) is 23.1. The fourth-order valence-corrected chi connectivity index (χ4v) is 4.35. The summed E-state index contributed by atoms with van der Waals surface area (Å²) in [6.45, 7) is 0.613. The van der Waals surface area contributed by atoms with Crippen LogP contribution in [0, 0.1) is 11.3 Å². The molecule has 2 heterocycles. The largest absolute Gasteiger partial charge is 0.324 e. The summed E-state index contributed by atoms with van der Waals surface area (Å²) in [4.78, 5) is 13.5. The topological polar surface area (TPSA) is 83.6 Å². The SMILES string of the molecule is N#Cc1ccccc1NC(=O)CSc1nnc(-c2cccs2)n1Cc1ccccc1. The second-order valence-corrected chi connectivity index (χ2v) is 8.24. The molecule has 0 saturated carbocycles. The standard InChI is InChI=1S/C22H17N5OS2/c23-13-17-9-4-5-10-18(17)24-20(28)15-30-22-26-25-21(19-11-6-12-29-19)27(22)14-16-7-2-1-3-8-16/h1-12H,14-15H2,(H,24,28). The Morgan fingerprint density at radius 3 is 2.63 bits per heavy atom. The summed E-state index contributed by atoms with van der Waals surface area (Å²) in [5.74, 6) is 0.748. The Kier molecular flexibility index (Phi) is 6.23. The number of para-hydroxylation sites is 1. The van der Waals surface area contributed by atoms with Gasteiger partial charge in [-0.15, -0.1) is 21.5 Å². The van der Waals surface area contributed by atoms with Gasteiger partial charge in [0.1, 0.15) is 6.07 Å². The zero-order valence-electron chi connectivity index (χ0n) is 15.9. The third-order valence-electron chi connectivity index (χ3n) is 4.30. The maximum Gasteiger partial charge on any atom is 0.234 e. The highest BCUT2D eigenvalue weighted by atomic mass is 32.2. The van der Waals surface area contributed by atoms with E-state index in [1.54, 1.807) is 35.6 Å². The number of hydrogen-bond donors (Lipinski definition) is 1. The van der Waals surface area contributed by atoms with Crippen molar-refractivity contribution >= 4 is 34.7 Å². The van der Waals surface area contributed by atoms with Crippen LogP contribution in [0.25, 0.3) is 10.7 Å². The van der Waals surface area contributed by atoms with Gasteiger partial charge in [-0.25, -0.2) is 0 Å². The van der Waals surface area contributed by atoms with Gasteiger partial charge in [0.05, 0.1) is 28.4 Å². The molecule has 148 valence electrons. The highest BCUT2D eigenvalue weighted by Crippen LogP contribution is 2.28. The van der Waals surface area contributed by atoms with Crippen molar-refractivity contribution in [2.24, 2.45) is 0 Å². The van der Waals surface area contributed by atoms with Gasteiger partial charge < -0.3 is 5.32 Å². The number of aromatic nitrogens is 3. The average molecular weight is 432 g/mol. The fourth-order valence-electron chi connectivity index (χ4n) is 2.90. The number of carbonyl (C=O) groups excluding carboxylic acids is 1. The van der Waals surface area contributed by atoms with Crippen LogP contribution in [0.15, 0.2) is 77.3 Å². The molecule has 30 heavy (non-hydrogen) atoms. The van der Waals surface area contributed by atoms with Crippen molar-refractivity contribution < 1.29 is 4.79 Å². The van der Waals surface area contributed by atoms with E-state index in [1.807, 2.05) is 40.3 Å². The van der Waals surface area contributed by atoms with E-state index in [2.05, 4.69) is 33.7 Å². The minimum Gasteiger partial charge on any atom is -0.324 e. The Bertz CT molecular complexity index is 1180. The molecule has 1 N–H and O–H groups in total. The molecule has 6 nitrogen and oxygen atoms in total. The van der Waals surface area contributed by atoms with Crippen LogP contribution >= 0.6 is 23.1 Å². The summed E-state index contributed by atoms with van der Waals surface area (Å²) in [7, 11) is 0. The zero-order chi connectivity index (χ0) is 20.8. The Balaban J connectivity index is 1.52. The predicted molar refractivity (Wildman–Crippen MR) is 119 cm³/mol. The summed E-state index contributed by atoms with van der Waals surface area (Å²) >= 11 is 2.93. The number of anilines is 1. The van der Waals surface area contributed by atoms with E-state index in [0.29, 0.717) is 23.0 Å². The Labute approximate surface area is 182 Å². The van der Waals surface area contributed by atoms with Crippen molar-refractivity contribution in [3.63, 3.8) is 0 Å². The molecule has 4 rings (SSSR count). The van der Waals surface area contributed by atoms with Crippen molar-refractivity contribution in [2.75, 3.05) is 11.1 Å². The van der Waals surface area contributed by atoms with Gasteiger partial charge in [0.25, 0.3) is 0 Å². The maximum absolute atomic E-state index is 12.5. The highest BCUT2D eigenvalue weighted by molar-refractivity contribution is 7.99. The molecule has 1 amide bonds. The number of nitrogens with zero attached hydrogens (tertiary/aromatic N) is 4. The lowest BCUT2D eigenvalue weighted by atomic mass is 10.2. The van der Waals surface area contributed by atoms with E-state index < -0.39 is 0 Å². The molecule has 0 fully saturated rings. The normalized spacial score (nSPS) is 10.5. The van der Waals surface area contributed by atoms with Crippen molar-refractivity contribution in [1.82, 2.24) is 14.8 Å². The summed E-state index contributed by atoms with van der Waals surface area (Å²) in [5, 5.41) is 23.4. The van der Waals surface area contributed by atoms with Crippen molar-refractivity contribution in [3.8, 4) is 16.8 Å². The quantitative estimate of drug-likeness (QED) is 0.430. The number of hydrogen-bond acceptors (Lipinski definition) is 6. The smallest absolute Gasteiger partial charge is 0.234 e. The van der Waals surface area contributed by atoms with Gasteiger partial charge in [0.2, 0.25) is 5.91 Å². The van der Waals surface area contributed by atoms with E-state index in [1.165, 1.54) is 11.8 Å². The number of carbonyl (C=O) groups is 1. The first-order valence-electron chi connectivity index (χ1n) is 9.17. The zero-order valence-corrected chi connectivity index (χ0v) is 17.5. The second-order valence-electron chi connectivity index (χ2n) is 6.35. The Hall–Kier alpha value is -3.41. The van der Waals surface area contributed by atoms with E-state index >= 15 is 0 Å². The molecule has 8 heteroatoms. The van der Waals surface area contributed by atoms with Crippen LogP contribution < -0.4 is 5.32 Å². The molecule has 0 aliphatic rings. The van der Waals surface area contributed by atoms with E-state index in [-0.39, 0.29) is 11.7 Å². The minimum atomic E-state index is -0.199. The highest BCUT2D eigenvalue weighted by Gasteiger charge is 2.17. The molecule has 0 spiro atoms. The number of thioether (sulfide) groups is 1. The van der Waals surface area contributed by atoms with Crippen LogP contribution in [0.2, 0.25) is 0 Å². The first-order chi connectivity index (χ1) is 14.7. The molecule has 4 aromatic rings. The van der Waals surface area contributed by atoms with Crippen LogP contribution in [-0.2, 0) is 11.3 Å². The number of nitriles is 1. The van der Waals surface area contributed by atoms with E-state index in [4.69, 9.17) is 0 Å². The molecule has 0 saturated heterocycles. The number of nitrogens with one attached hydrogen (secondary N) is 1. The molecular formula is C22H17N5OS2. The third-order valence-corrected chi connectivity index (χ3v) is 6.13. The summed E-state index contributed by atoms with van der Waals surface area (Å²) in [5.41, 5.74) is 2.07. The van der Waals surface area contributed by atoms with Gasteiger partial charge in [-0.1, -0.05) is 60.3 Å². The first-order valence-corrected chi connectivity index (χ1v) is 11.0. The first kappa shape index (κ1) is 19.9. The lowest BCUT2D eigenvalue weighted by molar-refractivity contribution is -0.113. The van der Waals surface area contributed by atoms with Crippen molar-refractivity contribution in [3.05, 3.63) is 83.2 Å². The number of thiophene rings is 1. The summed E-state index contributed by atoms with van der Waals surface area (Å²) in [6.07, 6.45) is 0. The van der Waals surface area contributed by atoms with E-state index in [0.717, 1.165) is 16.3 Å². The molecular weight excluding hydrogens is 414 g/mol. The maximum atomic E-state index is 12.5. The number of benzene rings is 2. The Morgan fingerprint density at radius 1 is 1.07 bits per heavy atom. The number of rotatable bonds is 7. The molecule has 0 radical (unpaired) electrons. The van der Waals surface area contributed by atoms with Crippen LogP contribution in [0.3, 0.4) is 0 Å². The molecule has 0 aliphatic carbocycles. The van der Waals surface area contributed by atoms with Gasteiger partial charge >= 0.3 is 0 Å². The van der Waals surface area contributed by atoms with Crippen LogP contribution in [-0.4, -0.2) is 26.4 Å². The van der Waals surface area contributed by atoms with Crippen molar-refractivity contribution in [2.45, 2.75) is 11.7 Å². The van der Waals surface area contributed by atoms with Gasteiger partial charge in [-0.2, -0.15) is 5.26 Å². The molecule has 2 aromatic carbocycles. The lowest BCUT2D eigenvalue weighted by Crippen LogP contribution is -2.15. The minimum absolute atomic E-state index is 0.164. The lowest BCUT2D eigenvalue weighted by Gasteiger charge is -2.10. The van der Waals surface area contributed by atoms with Crippen LogP contribution in [0.4, 0.5) is 5.69 Å². The molecule has 0 unspecified atom stereocenters. The van der Waals surface area contributed by atoms with Gasteiger partial charge in [0.15, 0.2) is 11.0 Å². The third kappa shape index (κ3) is 4.59. The molecule has 0 aliphatic heterocycles. The molecule has 0 atom stereocenters. The van der Waals surface area contributed by atoms with Gasteiger partial charge in [-0.3, -0.25) is 9.36 Å². The van der Waals surface area contributed by atoms with E-state index in [9.17, 15) is 10.1 Å². The predicted octanol–water partition coefficient (Wildman–Crippen LogP) is 4.66. The average Bonchev–Trinajstić information content (AvgIpc) is 3.43.